The first-order valence-corrected chi connectivity index (χ1v) is 18.4. The van der Waals surface area contributed by atoms with Gasteiger partial charge in [-0.25, -0.2) is 87.8 Å². The quantitative estimate of drug-likeness (QED) is 0.0317. The van der Waals surface area contributed by atoms with Gasteiger partial charge in [-0.05, 0) is 39.8 Å². The van der Waals surface area contributed by atoms with E-state index in [4.69, 9.17) is 0 Å². The predicted octanol–water partition coefficient (Wildman–Crippen LogP) is 11.9. The van der Waals surface area contributed by atoms with Crippen LogP contribution in [0.1, 0.15) is 54.1 Å². The molecule has 0 spiro atoms. The molecule has 6 aromatic rings. The van der Waals surface area contributed by atoms with Crippen molar-refractivity contribution < 1.29 is 125 Å². The monoisotopic (exact) mass is 1080 g/mol. The molecule has 0 saturated carbocycles. The fourth-order valence-corrected chi connectivity index (χ4v) is 5.09. The van der Waals surface area contributed by atoms with Crippen LogP contribution >= 0.6 is 0 Å². The summed E-state index contributed by atoms with van der Waals surface area (Å²) in [4.78, 5) is 23.3. The number of benzene rings is 6. The van der Waals surface area contributed by atoms with Crippen LogP contribution in [0.2, 0.25) is 0 Å². The standard InChI is InChI=1S/2C15H2F10O2.2C8H10.Cu/c2*16-6-4(7(17)11(21)14(24)10(6)20)2(26)1-3(27)5-8(18)12(22)15(25)13(23)9(5)19;2*1-7-3-5-8(2)6-4-7;/h2*1,26H;2*3-6H,1-2H3;/q;;;;+2/p-2/b2*2-1-;;;. The van der Waals surface area contributed by atoms with Crippen molar-refractivity contribution >= 4 is 23.1 Å². The Morgan fingerprint density at radius 3 is 0.563 bits per heavy atom. The molecule has 0 aromatic heterocycles. The molecule has 0 aliphatic heterocycles. The second-order valence-corrected chi connectivity index (χ2v) is 13.8. The number of halogens is 20. The van der Waals surface area contributed by atoms with E-state index in [0.29, 0.717) is 0 Å². The summed E-state index contributed by atoms with van der Waals surface area (Å²) in [6.45, 7) is 8.39. The predicted molar refractivity (Wildman–Crippen MR) is 201 cm³/mol. The zero-order valence-electron chi connectivity index (χ0n) is 35.3. The number of aryl methyl sites for hydroxylation is 4. The molecular weight excluding hydrogens is 1060 g/mol. The number of hydrogen-bond donors (Lipinski definition) is 0. The maximum absolute atomic E-state index is 13.5. The molecule has 6 rings (SSSR count). The first kappa shape index (κ1) is 60.0. The van der Waals surface area contributed by atoms with Crippen LogP contribution in [0.3, 0.4) is 0 Å². The van der Waals surface area contributed by atoms with E-state index in [1.807, 2.05) is 0 Å². The summed E-state index contributed by atoms with van der Waals surface area (Å²) in [7, 11) is 0. The second kappa shape index (κ2) is 24.6. The SMILES string of the molecule is Cc1ccc(C)cc1.Cc1ccc(C)cc1.O=C(/C=C(\[O-])c1c(F)c(F)c(F)c(F)c1F)c1c(F)c(F)c(F)c(F)c1F.O=C(/C=C(\[O-])c1c(F)c(F)c(F)c(F)c1F)c1c(F)c(F)c(F)c(F)c1F.[Cu+2]. The average Bonchev–Trinajstić information content (AvgIpc) is 3.31. The topological polar surface area (TPSA) is 80.3 Å². The summed E-state index contributed by atoms with van der Waals surface area (Å²) in [5.41, 5.74) is -3.34. The Hall–Kier alpha value is -7.14. The number of ketones is 2. The zero-order chi connectivity index (χ0) is 53.5. The van der Waals surface area contributed by atoms with E-state index < -0.39 is 174 Å². The molecule has 0 amide bonds. The molecule has 0 atom stereocenters. The fraction of sp³-hybridized carbons (Fsp3) is 0.0870. The minimum absolute atomic E-state index is 0. The van der Waals surface area contributed by atoms with E-state index in [2.05, 4.69) is 76.2 Å². The summed E-state index contributed by atoms with van der Waals surface area (Å²) in [5, 5.41) is 23.3. The minimum Gasteiger partial charge on any atom is -0.872 e. The Balaban J connectivity index is 0.000000366. The third-order valence-electron chi connectivity index (χ3n) is 8.79. The van der Waals surface area contributed by atoms with Crippen LogP contribution in [-0.2, 0) is 17.1 Å². The minimum atomic E-state index is -2.64. The smallest absolute Gasteiger partial charge is 0.872 e. The molecule has 0 aliphatic carbocycles. The summed E-state index contributed by atoms with van der Waals surface area (Å²) in [5.74, 6) is -61.4. The van der Waals surface area contributed by atoms with Gasteiger partial charge in [0.2, 0.25) is 23.3 Å². The maximum atomic E-state index is 13.5. The Bertz CT molecular complexity index is 2720. The molecule has 71 heavy (non-hydrogen) atoms. The first-order chi connectivity index (χ1) is 32.4. The van der Waals surface area contributed by atoms with Crippen molar-refractivity contribution in [3.63, 3.8) is 0 Å². The molecule has 0 N–H and O–H groups in total. The van der Waals surface area contributed by atoms with Crippen molar-refractivity contribution in [1.82, 2.24) is 0 Å². The van der Waals surface area contributed by atoms with Gasteiger partial charge in [0, 0.05) is 11.1 Å². The molecule has 0 unspecified atom stereocenters. The third kappa shape index (κ3) is 13.2. The molecule has 6 aromatic carbocycles. The van der Waals surface area contributed by atoms with Gasteiger partial charge in [0.05, 0.1) is 11.1 Å². The molecular formula is C46H22CuF20O4. The van der Waals surface area contributed by atoms with Gasteiger partial charge in [-0.15, -0.1) is 0 Å². The number of allylic oxidation sites excluding steroid dienone is 2. The number of carbonyl (C=O) groups excluding carboxylic acids is 2. The number of carbonyl (C=O) groups is 2. The Morgan fingerprint density at radius 2 is 0.408 bits per heavy atom. The van der Waals surface area contributed by atoms with Crippen LogP contribution in [-0.4, -0.2) is 11.6 Å². The average molecular weight is 1080 g/mol. The van der Waals surface area contributed by atoms with Gasteiger partial charge >= 0.3 is 17.1 Å². The van der Waals surface area contributed by atoms with Crippen molar-refractivity contribution in [2.24, 2.45) is 0 Å². The normalized spacial score (nSPS) is 11.1. The summed E-state index contributed by atoms with van der Waals surface area (Å²) in [6.07, 6.45) is -1.17. The largest absolute Gasteiger partial charge is 2.00 e. The van der Waals surface area contributed by atoms with Gasteiger partial charge in [0.1, 0.15) is 0 Å². The Morgan fingerprint density at radius 1 is 0.282 bits per heavy atom. The van der Waals surface area contributed by atoms with Gasteiger partial charge in [-0.2, -0.15) is 0 Å². The number of rotatable bonds is 6. The van der Waals surface area contributed by atoms with E-state index in [9.17, 15) is 108 Å². The third-order valence-corrected chi connectivity index (χ3v) is 8.79. The molecule has 4 nitrogen and oxygen atoms in total. The van der Waals surface area contributed by atoms with E-state index >= 15 is 0 Å². The fourth-order valence-electron chi connectivity index (χ4n) is 5.09. The molecule has 0 heterocycles. The van der Waals surface area contributed by atoms with Crippen LogP contribution in [0.4, 0.5) is 87.8 Å². The molecule has 0 bridgehead atoms. The van der Waals surface area contributed by atoms with Crippen LogP contribution in [0, 0.1) is 144 Å². The van der Waals surface area contributed by atoms with Crippen molar-refractivity contribution in [2.75, 3.05) is 0 Å². The van der Waals surface area contributed by atoms with Gasteiger partial charge in [-0.1, -0.05) is 82.3 Å². The van der Waals surface area contributed by atoms with E-state index in [1.165, 1.54) is 22.3 Å². The van der Waals surface area contributed by atoms with Crippen LogP contribution in [0.25, 0.3) is 11.5 Å². The van der Waals surface area contributed by atoms with E-state index in [0.717, 1.165) is 0 Å². The second-order valence-electron chi connectivity index (χ2n) is 13.8. The summed E-state index contributed by atoms with van der Waals surface area (Å²) in [6, 6.07) is 17.0. The van der Waals surface area contributed by atoms with Crippen LogP contribution in [0.15, 0.2) is 60.7 Å². The van der Waals surface area contributed by atoms with Gasteiger partial charge < -0.3 is 10.2 Å². The van der Waals surface area contributed by atoms with Crippen LogP contribution < -0.4 is 10.2 Å². The Kier molecular flexibility index (Phi) is 20.8. The van der Waals surface area contributed by atoms with Crippen LogP contribution in [0.5, 0.6) is 0 Å². The molecule has 0 fully saturated rings. The first-order valence-electron chi connectivity index (χ1n) is 18.4. The molecule has 25 heteroatoms. The number of hydrogen-bond acceptors (Lipinski definition) is 4. The molecule has 381 valence electrons. The van der Waals surface area contributed by atoms with E-state index in [1.54, 1.807) is 0 Å². The van der Waals surface area contributed by atoms with E-state index in [-0.39, 0.29) is 17.1 Å². The van der Waals surface area contributed by atoms with Crippen molar-refractivity contribution in [2.45, 2.75) is 27.7 Å². The Labute approximate surface area is 396 Å². The van der Waals surface area contributed by atoms with Gasteiger partial charge in [0.15, 0.2) is 105 Å². The maximum Gasteiger partial charge on any atom is 2.00 e. The summed E-state index contributed by atoms with van der Waals surface area (Å²) >= 11 is 0. The van der Waals surface area contributed by atoms with Crippen molar-refractivity contribution in [3.8, 4) is 0 Å². The van der Waals surface area contributed by atoms with Crippen molar-refractivity contribution in [3.05, 3.63) is 222 Å². The van der Waals surface area contributed by atoms with Gasteiger partial charge in [0.25, 0.3) is 0 Å². The van der Waals surface area contributed by atoms with Gasteiger partial charge in [-0.3, -0.25) is 9.59 Å². The molecule has 1 radical (unpaired) electrons. The van der Waals surface area contributed by atoms with Crippen molar-refractivity contribution in [1.29, 1.82) is 0 Å². The summed E-state index contributed by atoms with van der Waals surface area (Å²) < 4.78 is 263. The zero-order valence-corrected chi connectivity index (χ0v) is 36.2. The molecule has 0 saturated heterocycles. The molecule has 0 aliphatic rings.